The summed E-state index contributed by atoms with van der Waals surface area (Å²) in [5, 5.41) is 3.12. The van der Waals surface area contributed by atoms with Gasteiger partial charge in [-0.05, 0) is 48.5 Å². The molecule has 1 amide bonds. The summed E-state index contributed by atoms with van der Waals surface area (Å²) in [7, 11) is 0. The molecule has 0 saturated heterocycles. The van der Waals surface area contributed by atoms with Crippen molar-refractivity contribution >= 4 is 34.2 Å². The molecule has 7 nitrogen and oxygen atoms in total. The van der Waals surface area contributed by atoms with E-state index in [1.165, 1.54) is 59.4 Å². The molecule has 174 valence electrons. The Kier molecular flexibility index (Phi) is 5.76. The Bertz CT molecular complexity index is 1630. The highest BCUT2D eigenvalue weighted by atomic mass is 35.5. The second-order valence-electron chi connectivity index (χ2n) is 7.44. The number of aromatic nitrogens is 3. The van der Waals surface area contributed by atoms with E-state index in [2.05, 4.69) is 15.3 Å². The first kappa shape index (κ1) is 22.3. The first-order valence-corrected chi connectivity index (χ1v) is 10.7. The van der Waals surface area contributed by atoms with Crippen molar-refractivity contribution in [3.8, 4) is 17.2 Å². The van der Waals surface area contributed by atoms with Crippen LogP contribution in [0.25, 0.3) is 16.7 Å². The Balaban J connectivity index is 1.41. The molecule has 0 atom stereocenters. The number of ether oxygens (including phenoxy) is 1. The van der Waals surface area contributed by atoms with Gasteiger partial charge in [-0.25, -0.2) is 13.8 Å². The first-order chi connectivity index (χ1) is 16.9. The van der Waals surface area contributed by atoms with Crippen LogP contribution in [0.5, 0.6) is 11.5 Å². The Morgan fingerprint density at radius 2 is 1.86 bits per heavy atom. The van der Waals surface area contributed by atoms with Gasteiger partial charge in [-0.2, -0.15) is 0 Å². The van der Waals surface area contributed by atoms with E-state index in [4.69, 9.17) is 16.3 Å². The number of hydrogen-bond donors (Lipinski definition) is 2. The number of pyridine rings is 2. The molecule has 0 aliphatic heterocycles. The predicted octanol–water partition coefficient (Wildman–Crippen LogP) is 5.69. The van der Waals surface area contributed by atoms with Gasteiger partial charge in [0.1, 0.15) is 22.8 Å². The highest BCUT2D eigenvalue weighted by Crippen LogP contribution is 2.35. The molecule has 3 heterocycles. The summed E-state index contributed by atoms with van der Waals surface area (Å²) < 4.78 is 34.9. The zero-order valence-electron chi connectivity index (χ0n) is 17.8. The van der Waals surface area contributed by atoms with Crippen molar-refractivity contribution in [3.63, 3.8) is 0 Å². The monoisotopic (exact) mass is 492 g/mol. The summed E-state index contributed by atoms with van der Waals surface area (Å²) in [4.78, 5) is 32.8. The van der Waals surface area contributed by atoms with Crippen molar-refractivity contribution in [2.75, 3.05) is 5.32 Å². The minimum absolute atomic E-state index is 0.00362. The number of nitrogens with one attached hydrogen (secondary N) is 2. The molecule has 3 aromatic heterocycles. The van der Waals surface area contributed by atoms with Crippen LogP contribution in [0.2, 0.25) is 5.02 Å². The van der Waals surface area contributed by atoms with E-state index in [-0.39, 0.29) is 22.0 Å². The maximum atomic E-state index is 14.8. The maximum absolute atomic E-state index is 14.8. The number of carbonyl (C=O) groups excluding carboxylic acids is 1. The number of halogens is 3. The number of fused-ring (bicyclic) bond motifs is 1. The van der Waals surface area contributed by atoms with E-state index in [1.54, 1.807) is 18.3 Å². The minimum Gasteiger partial charge on any atom is -0.453 e. The number of nitrogens with zero attached hydrogens (tertiary/aromatic N) is 2. The van der Waals surface area contributed by atoms with Gasteiger partial charge in [0, 0.05) is 36.4 Å². The Labute approximate surface area is 201 Å². The molecule has 35 heavy (non-hydrogen) atoms. The lowest BCUT2D eigenvalue weighted by molar-refractivity contribution is 0.102. The lowest BCUT2D eigenvalue weighted by atomic mass is 10.2. The van der Waals surface area contributed by atoms with Crippen molar-refractivity contribution in [1.29, 1.82) is 0 Å². The van der Waals surface area contributed by atoms with Crippen LogP contribution in [-0.2, 0) is 0 Å². The van der Waals surface area contributed by atoms with Gasteiger partial charge in [-0.3, -0.25) is 14.2 Å². The predicted molar refractivity (Wildman–Crippen MR) is 128 cm³/mol. The van der Waals surface area contributed by atoms with Crippen molar-refractivity contribution in [3.05, 3.63) is 112 Å². The molecule has 0 unspecified atom stereocenters. The van der Waals surface area contributed by atoms with Gasteiger partial charge in [-0.15, -0.1) is 0 Å². The molecule has 5 rings (SSSR count). The van der Waals surface area contributed by atoms with Crippen LogP contribution < -0.4 is 15.6 Å². The van der Waals surface area contributed by atoms with Gasteiger partial charge >= 0.3 is 0 Å². The standard InChI is InChI=1S/C25H15ClF2N4O3/c26-18-12-22(35-21-8-10-30-23-16(21)7-9-29-23)19(28)13-20(18)31-24(33)17-2-1-11-32(25(17)34)15-5-3-14(27)4-6-15/h1-13H,(H,29,30)(H,31,33). The molecule has 0 saturated carbocycles. The number of H-pyrrole nitrogens is 1. The number of anilines is 1. The van der Waals surface area contributed by atoms with E-state index >= 15 is 0 Å². The van der Waals surface area contributed by atoms with Crippen LogP contribution in [0.15, 0.2) is 84.0 Å². The smallest absolute Gasteiger partial charge is 0.267 e. The molecule has 2 N–H and O–H groups in total. The fraction of sp³-hybridized carbons (Fsp3) is 0. The van der Waals surface area contributed by atoms with Crippen LogP contribution in [0.1, 0.15) is 10.4 Å². The maximum Gasteiger partial charge on any atom is 0.267 e. The summed E-state index contributed by atoms with van der Waals surface area (Å²) in [5.41, 5.74) is 0.0672. The quantitative estimate of drug-likeness (QED) is 0.330. The Morgan fingerprint density at radius 1 is 1.06 bits per heavy atom. The van der Waals surface area contributed by atoms with E-state index in [9.17, 15) is 18.4 Å². The average Bonchev–Trinajstić information content (AvgIpc) is 3.33. The molecular weight excluding hydrogens is 478 g/mol. The lowest BCUT2D eigenvalue weighted by Crippen LogP contribution is -2.27. The zero-order chi connectivity index (χ0) is 24.5. The minimum atomic E-state index is -0.787. The molecule has 5 aromatic rings. The summed E-state index contributed by atoms with van der Waals surface area (Å²) in [6, 6.07) is 13.6. The molecule has 2 aromatic carbocycles. The third-order valence-electron chi connectivity index (χ3n) is 5.21. The largest absolute Gasteiger partial charge is 0.453 e. The molecule has 0 aliphatic rings. The molecular formula is C25H15ClF2N4O3. The fourth-order valence-electron chi connectivity index (χ4n) is 3.51. The van der Waals surface area contributed by atoms with Gasteiger partial charge in [0.15, 0.2) is 11.6 Å². The number of hydrogen-bond acceptors (Lipinski definition) is 4. The highest BCUT2D eigenvalue weighted by Gasteiger charge is 2.18. The number of rotatable bonds is 5. The van der Waals surface area contributed by atoms with Crippen molar-refractivity contribution in [2.24, 2.45) is 0 Å². The van der Waals surface area contributed by atoms with Gasteiger partial charge in [0.25, 0.3) is 11.5 Å². The summed E-state index contributed by atoms with van der Waals surface area (Å²) >= 11 is 6.28. The number of benzene rings is 2. The molecule has 0 bridgehead atoms. The third-order valence-corrected chi connectivity index (χ3v) is 5.52. The van der Waals surface area contributed by atoms with E-state index in [1.807, 2.05) is 0 Å². The molecule has 0 fully saturated rings. The van der Waals surface area contributed by atoms with Crippen LogP contribution in [0.4, 0.5) is 14.5 Å². The number of amides is 1. The van der Waals surface area contributed by atoms with Gasteiger partial charge in [-0.1, -0.05) is 11.6 Å². The van der Waals surface area contributed by atoms with E-state index < -0.39 is 23.1 Å². The highest BCUT2D eigenvalue weighted by molar-refractivity contribution is 6.34. The van der Waals surface area contributed by atoms with Crippen molar-refractivity contribution in [1.82, 2.24) is 14.5 Å². The topological polar surface area (TPSA) is 89.0 Å². The van der Waals surface area contributed by atoms with Crippen LogP contribution >= 0.6 is 11.6 Å². The normalized spacial score (nSPS) is 10.9. The summed E-state index contributed by atoms with van der Waals surface area (Å²) in [6.07, 6.45) is 4.65. The first-order valence-electron chi connectivity index (χ1n) is 10.3. The molecule has 0 spiro atoms. The van der Waals surface area contributed by atoms with Gasteiger partial charge < -0.3 is 15.0 Å². The fourth-order valence-corrected chi connectivity index (χ4v) is 3.71. The van der Waals surface area contributed by atoms with E-state index in [0.717, 1.165) is 6.07 Å². The van der Waals surface area contributed by atoms with Crippen molar-refractivity contribution in [2.45, 2.75) is 0 Å². The lowest BCUT2D eigenvalue weighted by Gasteiger charge is -2.12. The second-order valence-corrected chi connectivity index (χ2v) is 7.85. The van der Waals surface area contributed by atoms with E-state index in [0.29, 0.717) is 22.5 Å². The third kappa shape index (κ3) is 4.36. The second kappa shape index (κ2) is 9.03. The number of carbonyl (C=O) groups is 1. The van der Waals surface area contributed by atoms with Gasteiger partial charge in [0.05, 0.1) is 16.1 Å². The van der Waals surface area contributed by atoms with Crippen molar-refractivity contribution < 1.29 is 18.3 Å². The summed E-state index contributed by atoms with van der Waals surface area (Å²) in [6.45, 7) is 0. The SMILES string of the molecule is O=C(Nc1cc(F)c(Oc2ccnc3[nH]ccc23)cc1Cl)c1cccn(-c2ccc(F)cc2)c1=O. The summed E-state index contributed by atoms with van der Waals surface area (Å²) in [5.74, 6) is -1.80. The molecule has 0 aliphatic carbocycles. The average molecular weight is 493 g/mol. The van der Waals surface area contributed by atoms with Crippen LogP contribution in [0, 0.1) is 11.6 Å². The van der Waals surface area contributed by atoms with Gasteiger partial charge in [0.2, 0.25) is 0 Å². The number of aromatic amines is 1. The molecule has 0 radical (unpaired) electrons. The Hall–Kier alpha value is -4.50. The Morgan fingerprint density at radius 3 is 2.66 bits per heavy atom. The van der Waals surface area contributed by atoms with Crippen LogP contribution in [0.3, 0.4) is 0 Å². The molecule has 10 heteroatoms. The van der Waals surface area contributed by atoms with Crippen LogP contribution in [-0.4, -0.2) is 20.4 Å². The zero-order valence-corrected chi connectivity index (χ0v) is 18.5.